The molecule has 0 saturated carbocycles. The fourth-order valence-electron chi connectivity index (χ4n) is 2.36. The summed E-state index contributed by atoms with van der Waals surface area (Å²) in [5, 5.41) is 11.5. The van der Waals surface area contributed by atoms with Crippen LogP contribution in [0.3, 0.4) is 0 Å². The number of halogens is 1. The topological polar surface area (TPSA) is 66.4 Å². The van der Waals surface area contributed by atoms with E-state index in [2.05, 4.69) is 5.32 Å². The van der Waals surface area contributed by atoms with Crippen molar-refractivity contribution < 1.29 is 19.1 Å². The van der Waals surface area contributed by atoms with Crippen LogP contribution in [0.2, 0.25) is 0 Å². The number of carbonyl (C=O) groups excluding carboxylic acids is 1. The molecule has 2 N–H and O–H groups in total. The second-order valence-corrected chi connectivity index (χ2v) is 4.52. The second-order valence-electron chi connectivity index (χ2n) is 4.52. The lowest BCUT2D eigenvalue weighted by molar-refractivity contribution is -0.139. The Labute approximate surface area is 104 Å². The van der Waals surface area contributed by atoms with Crippen LogP contribution in [0.15, 0.2) is 24.3 Å². The fourth-order valence-corrected chi connectivity index (χ4v) is 2.36. The van der Waals surface area contributed by atoms with E-state index >= 15 is 0 Å². The Kier molecular flexibility index (Phi) is 3.60. The number of amides is 1. The monoisotopic (exact) mass is 251 g/mol. The maximum absolute atomic E-state index is 12.9. The highest BCUT2D eigenvalue weighted by molar-refractivity contribution is 5.78. The maximum Gasteiger partial charge on any atom is 0.303 e. The number of rotatable bonds is 3. The van der Waals surface area contributed by atoms with Gasteiger partial charge in [0.25, 0.3) is 0 Å². The molecule has 2 rings (SSSR count). The Morgan fingerprint density at radius 3 is 2.67 bits per heavy atom. The zero-order chi connectivity index (χ0) is 13.1. The zero-order valence-corrected chi connectivity index (χ0v) is 9.73. The van der Waals surface area contributed by atoms with Gasteiger partial charge in [-0.15, -0.1) is 0 Å². The van der Waals surface area contributed by atoms with E-state index in [9.17, 15) is 14.0 Å². The lowest BCUT2D eigenvalue weighted by atomic mass is 9.79. The molecule has 18 heavy (non-hydrogen) atoms. The van der Waals surface area contributed by atoms with E-state index in [0.29, 0.717) is 6.54 Å². The van der Waals surface area contributed by atoms with Crippen LogP contribution < -0.4 is 5.32 Å². The summed E-state index contributed by atoms with van der Waals surface area (Å²) in [6.07, 6.45) is 0.256. The molecule has 1 saturated heterocycles. The Morgan fingerprint density at radius 1 is 1.39 bits per heavy atom. The number of hydrogen-bond donors (Lipinski definition) is 2. The van der Waals surface area contributed by atoms with Crippen LogP contribution in [0.4, 0.5) is 4.39 Å². The number of nitrogens with one attached hydrogen (secondary N) is 1. The summed E-state index contributed by atoms with van der Waals surface area (Å²) in [6.45, 7) is 0.354. The fraction of sp³-hybridized carbons (Fsp3) is 0.385. The van der Waals surface area contributed by atoms with Crippen LogP contribution in [-0.2, 0) is 9.59 Å². The maximum atomic E-state index is 12.9. The standard InChI is InChI=1S/C13H14FNO3/c14-10-3-1-8(2-4-10)11-6-12(16)15-7-9(11)5-13(17)18/h1-4,9,11H,5-7H2,(H,15,16)(H,17,18). The molecule has 1 aromatic carbocycles. The van der Waals surface area contributed by atoms with Crippen molar-refractivity contribution in [2.75, 3.05) is 6.54 Å². The minimum atomic E-state index is -0.886. The molecule has 5 heteroatoms. The lowest BCUT2D eigenvalue weighted by Gasteiger charge is -2.31. The molecule has 0 aliphatic carbocycles. The molecule has 96 valence electrons. The van der Waals surface area contributed by atoms with Gasteiger partial charge in [0.1, 0.15) is 5.82 Å². The average Bonchev–Trinajstić information content (AvgIpc) is 2.32. The first-order chi connectivity index (χ1) is 8.56. The molecular weight excluding hydrogens is 237 g/mol. The molecule has 0 radical (unpaired) electrons. The summed E-state index contributed by atoms with van der Waals surface area (Å²) in [6, 6.07) is 5.90. The number of carbonyl (C=O) groups is 2. The van der Waals surface area contributed by atoms with Crippen molar-refractivity contribution in [3.05, 3.63) is 35.6 Å². The molecule has 1 heterocycles. The second kappa shape index (κ2) is 5.16. The van der Waals surface area contributed by atoms with Crippen LogP contribution in [0.5, 0.6) is 0 Å². The van der Waals surface area contributed by atoms with Crippen molar-refractivity contribution in [2.24, 2.45) is 5.92 Å². The summed E-state index contributed by atoms with van der Waals surface area (Å²) >= 11 is 0. The van der Waals surface area contributed by atoms with Gasteiger partial charge in [-0.25, -0.2) is 4.39 Å². The van der Waals surface area contributed by atoms with Crippen LogP contribution in [0.25, 0.3) is 0 Å². The quantitative estimate of drug-likeness (QED) is 0.856. The predicted molar refractivity (Wildman–Crippen MR) is 62.5 cm³/mol. The molecule has 0 spiro atoms. The Bertz CT molecular complexity index is 458. The first kappa shape index (κ1) is 12.5. The van der Waals surface area contributed by atoms with Crippen molar-refractivity contribution in [3.63, 3.8) is 0 Å². The molecule has 0 bridgehead atoms. The van der Waals surface area contributed by atoms with E-state index in [4.69, 9.17) is 5.11 Å². The van der Waals surface area contributed by atoms with Gasteiger partial charge in [0.05, 0.1) is 6.42 Å². The van der Waals surface area contributed by atoms with E-state index < -0.39 is 5.97 Å². The summed E-state index contributed by atoms with van der Waals surface area (Å²) < 4.78 is 12.9. The van der Waals surface area contributed by atoms with Crippen LogP contribution >= 0.6 is 0 Å². The van der Waals surface area contributed by atoms with Gasteiger partial charge in [-0.05, 0) is 29.5 Å². The molecule has 2 unspecified atom stereocenters. The Hall–Kier alpha value is -1.91. The van der Waals surface area contributed by atoms with Gasteiger partial charge < -0.3 is 10.4 Å². The highest BCUT2D eigenvalue weighted by Gasteiger charge is 2.31. The molecule has 0 aromatic heterocycles. The minimum Gasteiger partial charge on any atom is -0.481 e. The van der Waals surface area contributed by atoms with Crippen molar-refractivity contribution >= 4 is 11.9 Å². The number of piperidine rings is 1. The van der Waals surface area contributed by atoms with Gasteiger partial charge in [-0.1, -0.05) is 12.1 Å². The molecule has 4 nitrogen and oxygen atoms in total. The normalized spacial score (nSPS) is 23.5. The van der Waals surface area contributed by atoms with E-state index in [1.165, 1.54) is 12.1 Å². The third-order valence-electron chi connectivity index (χ3n) is 3.27. The minimum absolute atomic E-state index is 0.00230. The van der Waals surface area contributed by atoms with Gasteiger partial charge in [-0.3, -0.25) is 9.59 Å². The molecule has 1 aliphatic rings. The smallest absolute Gasteiger partial charge is 0.303 e. The van der Waals surface area contributed by atoms with Crippen molar-refractivity contribution in [3.8, 4) is 0 Å². The molecule has 1 amide bonds. The molecule has 1 aromatic rings. The number of benzene rings is 1. The molecular formula is C13H14FNO3. The van der Waals surface area contributed by atoms with Gasteiger partial charge in [0, 0.05) is 13.0 Å². The third kappa shape index (κ3) is 2.85. The van der Waals surface area contributed by atoms with E-state index in [-0.39, 0.29) is 36.4 Å². The SMILES string of the molecule is O=C(O)CC1CNC(=O)CC1c1ccc(F)cc1. The van der Waals surface area contributed by atoms with E-state index in [1.54, 1.807) is 12.1 Å². The first-order valence-corrected chi connectivity index (χ1v) is 5.80. The summed E-state index contributed by atoms with van der Waals surface area (Å²) in [7, 11) is 0. The number of aliphatic carboxylic acids is 1. The van der Waals surface area contributed by atoms with Crippen molar-refractivity contribution in [1.82, 2.24) is 5.32 Å². The Morgan fingerprint density at radius 2 is 2.06 bits per heavy atom. The van der Waals surface area contributed by atoms with Gasteiger partial charge in [-0.2, -0.15) is 0 Å². The van der Waals surface area contributed by atoms with E-state index in [0.717, 1.165) is 5.56 Å². The number of carboxylic acids is 1. The van der Waals surface area contributed by atoms with Gasteiger partial charge >= 0.3 is 5.97 Å². The average molecular weight is 251 g/mol. The van der Waals surface area contributed by atoms with Crippen molar-refractivity contribution in [2.45, 2.75) is 18.8 Å². The summed E-state index contributed by atoms with van der Waals surface area (Å²) in [5.74, 6) is -1.62. The van der Waals surface area contributed by atoms with Crippen LogP contribution in [0, 0.1) is 11.7 Å². The number of hydrogen-bond acceptors (Lipinski definition) is 2. The zero-order valence-electron chi connectivity index (χ0n) is 9.73. The highest BCUT2D eigenvalue weighted by atomic mass is 19.1. The molecule has 1 fully saturated rings. The first-order valence-electron chi connectivity index (χ1n) is 5.80. The molecule has 2 atom stereocenters. The van der Waals surface area contributed by atoms with Gasteiger partial charge in [0.15, 0.2) is 0 Å². The third-order valence-corrected chi connectivity index (χ3v) is 3.27. The van der Waals surface area contributed by atoms with Crippen LogP contribution in [0.1, 0.15) is 24.3 Å². The molecule has 1 aliphatic heterocycles. The van der Waals surface area contributed by atoms with Crippen molar-refractivity contribution in [1.29, 1.82) is 0 Å². The predicted octanol–water partition coefficient (Wildman–Crippen LogP) is 1.52. The summed E-state index contributed by atoms with van der Waals surface area (Å²) in [4.78, 5) is 22.2. The van der Waals surface area contributed by atoms with E-state index in [1.807, 2.05) is 0 Å². The van der Waals surface area contributed by atoms with Gasteiger partial charge in [0.2, 0.25) is 5.91 Å². The number of carboxylic acid groups (broad SMARTS) is 1. The largest absolute Gasteiger partial charge is 0.481 e. The van der Waals surface area contributed by atoms with Crippen LogP contribution in [-0.4, -0.2) is 23.5 Å². The Balaban J connectivity index is 2.21. The summed E-state index contributed by atoms with van der Waals surface area (Å²) in [5.41, 5.74) is 0.817. The highest BCUT2D eigenvalue weighted by Crippen LogP contribution is 2.32. The lowest BCUT2D eigenvalue weighted by Crippen LogP contribution is -2.40.